The van der Waals surface area contributed by atoms with E-state index in [-0.39, 0.29) is 18.4 Å². The van der Waals surface area contributed by atoms with Gasteiger partial charge in [-0.25, -0.2) is 0 Å². The fourth-order valence-electron chi connectivity index (χ4n) is 2.03. The average Bonchev–Trinajstić information content (AvgIpc) is 2.80. The first kappa shape index (κ1) is 12.2. The van der Waals surface area contributed by atoms with E-state index in [1.807, 2.05) is 0 Å². The Morgan fingerprint density at radius 2 is 2.35 bits per heavy atom. The number of aliphatic hydroxyl groups excluding tert-OH is 1. The van der Waals surface area contributed by atoms with Crippen LogP contribution in [0.3, 0.4) is 0 Å². The van der Waals surface area contributed by atoms with Crippen molar-refractivity contribution in [3.63, 3.8) is 0 Å². The molecule has 0 saturated carbocycles. The molecule has 1 atom stereocenters. The number of anilines is 1. The van der Waals surface area contributed by atoms with Crippen LogP contribution in [0.5, 0.6) is 0 Å². The largest absolute Gasteiger partial charge is 0.398 e. The zero-order valence-electron chi connectivity index (χ0n) is 9.40. The van der Waals surface area contributed by atoms with Crippen molar-refractivity contribution in [1.82, 2.24) is 4.90 Å². The van der Waals surface area contributed by atoms with Gasteiger partial charge in [0.25, 0.3) is 5.91 Å². The van der Waals surface area contributed by atoms with Gasteiger partial charge in [0.1, 0.15) is 0 Å². The topological polar surface area (TPSA) is 66.6 Å². The van der Waals surface area contributed by atoms with Gasteiger partial charge in [0, 0.05) is 31.2 Å². The van der Waals surface area contributed by atoms with Crippen LogP contribution >= 0.6 is 11.6 Å². The number of carbonyl (C=O) groups excluding carboxylic acids is 1. The van der Waals surface area contributed by atoms with Gasteiger partial charge in [0.2, 0.25) is 0 Å². The first-order valence-electron chi connectivity index (χ1n) is 5.57. The number of hydrogen-bond acceptors (Lipinski definition) is 3. The first-order chi connectivity index (χ1) is 8.11. The average molecular weight is 255 g/mol. The van der Waals surface area contributed by atoms with E-state index in [4.69, 9.17) is 22.4 Å². The van der Waals surface area contributed by atoms with Crippen molar-refractivity contribution in [2.45, 2.75) is 6.42 Å². The van der Waals surface area contributed by atoms with Crippen LogP contribution in [0.4, 0.5) is 5.69 Å². The number of hydrogen-bond donors (Lipinski definition) is 2. The fraction of sp³-hybridized carbons (Fsp3) is 0.417. The second-order valence-electron chi connectivity index (χ2n) is 4.32. The second kappa shape index (κ2) is 4.94. The highest BCUT2D eigenvalue weighted by atomic mass is 35.5. The zero-order chi connectivity index (χ0) is 12.4. The molecule has 5 heteroatoms. The lowest BCUT2D eigenvalue weighted by atomic mass is 10.1. The van der Waals surface area contributed by atoms with Crippen molar-refractivity contribution in [3.8, 4) is 0 Å². The molecule has 1 saturated heterocycles. The Kier molecular flexibility index (Phi) is 3.54. The van der Waals surface area contributed by atoms with E-state index in [1.54, 1.807) is 23.1 Å². The molecule has 1 aliphatic heterocycles. The summed E-state index contributed by atoms with van der Waals surface area (Å²) >= 11 is 5.81. The number of halogens is 1. The predicted molar refractivity (Wildman–Crippen MR) is 67.0 cm³/mol. The lowest BCUT2D eigenvalue weighted by Gasteiger charge is -2.16. The van der Waals surface area contributed by atoms with Gasteiger partial charge in [-0.2, -0.15) is 0 Å². The molecule has 1 unspecified atom stereocenters. The molecular weight excluding hydrogens is 240 g/mol. The number of nitrogens with two attached hydrogens (primary N) is 1. The SMILES string of the molecule is Nc1cc(C(=O)N2CCC(CO)C2)ccc1Cl. The van der Waals surface area contributed by atoms with Crippen molar-refractivity contribution >= 4 is 23.2 Å². The van der Waals surface area contributed by atoms with Gasteiger partial charge in [-0.1, -0.05) is 11.6 Å². The minimum atomic E-state index is -0.0516. The number of carbonyl (C=O) groups is 1. The maximum absolute atomic E-state index is 12.1. The van der Waals surface area contributed by atoms with Gasteiger partial charge in [-0.3, -0.25) is 4.79 Å². The zero-order valence-corrected chi connectivity index (χ0v) is 10.2. The number of likely N-dealkylation sites (tertiary alicyclic amines) is 1. The molecule has 1 aliphatic rings. The number of aliphatic hydroxyl groups is 1. The summed E-state index contributed by atoms with van der Waals surface area (Å²) in [6.07, 6.45) is 0.852. The Balaban J connectivity index is 2.12. The summed E-state index contributed by atoms with van der Waals surface area (Å²) < 4.78 is 0. The Hall–Kier alpha value is -1.26. The summed E-state index contributed by atoms with van der Waals surface area (Å²) in [6, 6.07) is 4.90. The van der Waals surface area contributed by atoms with E-state index in [2.05, 4.69) is 0 Å². The summed E-state index contributed by atoms with van der Waals surface area (Å²) in [5.74, 6) is 0.146. The molecule has 3 N–H and O–H groups in total. The number of benzene rings is 1. The van der Waals surface area contributed by atoms with Crippen LogP contribution in [0.1, 0.15) is 16.8 Å². The van der Waals surface area contributed by atoms with Crippen LogP contribution < -0.4 is 5.73 Å². The summed E-state index contributed by atoms with van der Waals surface area (Å²) in [5, 5.41) is 9.50. The van der Waals surface area contributed by atoms with Crippen LogP contribution in [-0.2, 0) is 0 Å². The number of amides is 1. The van der Waals surface area contributed by atoms with E-state index in [9.17, 15) is 4.79 Å². The van der Waals surface area contributed by atoms with Gasteiger partial charge in [-0.05, 0) is 24.6 Å². The molecule has 0 aliphatic carbocycles. The third-order valence-corrected chi connectivity index (χ3v) is 3.42. The fourth-order valence-corrected chi connectivity index (χ4v) is 2.14. The van der Waals surface area contributed by atoms with Crippen LogP contribution in [0.25, 0.3) is 0 Å². The molecule has 1 amide bonds. The molecule has 1 fully saturated rings. The molecule has 1 heterocycles. The number of nitrogen functional groups attached to an aromatic ring is 1. The summed E-state index contributed by atoms with van der Waals surface area (Å²) in [5.41, 5.74) is 6.63. The Labute approximate surface area is 105 Å². The highest BCUT2D eigenvalue weighted by Gasteiger charge is 2.26. The molecule has 0 radical (unpaired) electrons. The number of nitrogens with zero attached hydrogens (tertiary/aromatic N) is 1. The third-order valence-electron chi connectivity index (χ3n) is 3.07. The Morgan fingerprint density at radius 1 is 1.59 bits per heavy atom. The van der Waals surface area contributed by atoms with Crippen molar-refractivity contribution in [2.75, 3.05) is 25.4 Å². The minimum Gasteiger partial charge on any atom is -0.398 e. The summed E-state index contributed by atoms with van der Waals surface area (Å²) in [6.45, 7) is 1.43. The molecular formula is C12H15ClN2O2. The van der Waals surface area contributed by atoms with E-state index in [1.165, 1.54) is 0 Å². The van der Waals surface area contributed by atoms with Crippen LogP contribution in [0.15, 0.2) is 18.2 Å². The third kappa shape index (κ3) is 2.53. The van der Waals surface area contributed by atoms with E-state index >= 15 is 0 Å². The van der Waals surface area contributed by atoms with Crippen molar-refractivity contribution in [1.29, 1.82) is 0 Å². The lowest BCUT2D eigenvalue weighted by molar-refractivity contribution is 0.0782. The van der Waals surface area contributed by atoms with Crippen molar-refractivity contribution in [3.05, 3.63) is 28.8 Å². The molecule has 1 aromatic rings. The molecule has 1 aromatic carbocycles. The van der Waals surface area contributed by atoms with Crippen molar-refractivity contribution < 1.29 is 9.90 Å². The molecule has 4 nitrogen and oxygen atoms in total. The van der Waals surface area contributed by atoms with E-state index < -0.39 is 0 Å². The second-order valence-corrected chi connectivity index (χ2v) is 4.73. The molecule has 0 aromatic heterocycles. The minimum absolute atomic E-state index is 0.0516. The summed E-state index contributed by atoms with van der Waals surface area (Å²) in [7, 11) is 0. The standard InChI is InChI=1S/C12H15ClN2O2/c13-10-2-1-9(5-11(10)14)12(17)15-4-3-8(6-15)7-16/h1-2,5,8,16H,3-4,6-7,14H2. The first-order valence-corrected chi connectivity index (χ1v) is 5.94. The highest BCUT2D eigenvalue weighted by Crippen LogP contribution is 2.23. The van der Waals surface area contributed by atoms with Gasteiger partial charge >= 0.3 is 0 Å². The normalized spacial score (nSPS) is 19.6. The smallest absolute Gasteiger partial charge is 0.253 e. The Morgan fingerprint density at radius 3 is 2.94 bits per heavy atom. The Bertz CT molecular complexity index is 437. The van der Waals surface area contributed by atoms with E-state index in [0.717, 1.165) is 6.42 Å². The maximum Gasteiger partial charge on any atom is 0.253 e. The van der Waals surface area contributed by atoms with Gasteiger partial charge in [0.15, 0.2) is 0 Å². The van der Waals surface area contributed by atoms with Gasteiger partial charge in [-0.15, -0.1) is 0 Å². The number of rotatable bonds is 2. The summed E-state index contributed by atoms with van der Waals surface area (Å²) in [4.78, 5) is 13.9. The van der Waals surface area contributed by atoms with Gasteiger partial charge < -0.3 is 15.7 Å². The predicted octanol–water partition coefficient (Wildman–Crippen LogP) is 1.38. The van der Waals surface area contributed by atoms with Crippen molar-refractivity contribution in [2.24, 2.45) is 5.92 Å². The molecule has 92 valence electrons. The highest BCUT2D eigenvalue weighted by molar-refractivity contribution is 6.33. The molecule has 0 bridgehead atoms. The van der Waals surface area contributed by atoms with Crippen LogP contribution in [0.2, 0.25) is 5.02 Å². The quantitative estimate of drug-likeness (QED) is 0.784. The van der Waals surface area contributed by atoms with Gasteiger partial charge in [0.05, 0.1) is 10.7 Å². The lowest BCUT2D eigenvalue weighted by Crippen LogP contribution is -2.29. The van der Waals surface area contributed by atoms with E-state index in [0.29, 0.717) is 29.4 Å². The monoisotopic (exact) mass is 254 g/mol. The molecule has 0 spiro atoms. The van der Waals surface area contributed by atoms with Crippen LogP contribution in [-0.4, -0.2) is 35.6 Å². The molecule has 17 heavy (non-hydrogen) atoms. The molecule has 2 rings (SSSR count). The van der Waals surface area contributed by atoms with Crippen LogP contribution in [0, 0.1) is 5.92 Å². The maximum atomic E-state index is 12.1.